The Balaban J connectivity index is 1.97. The van der Waals surface area contributed by atoms with E-state index in [2.05, 4.69) is 21.3 Å². The van der Waals surface area contributed by atoms with Gasteiger partial charge in [0.15, 0.2) is 0 Å². The molecular formula is C21H29N5O7. The van der Waals surface area contributed by atoms with Crippen LogP contribution in [0.3, 0.4) is 0 Å². The molecule has 0 spiro atoms. The lowest BCUT2D eigenvalue weighted by atomic mass is 10.0. The molecule has 3 unspecified atom stereocenters. The second-order valence-electron chi connectivity index (χ2n) is 7.76. The van der Waals surface area contributed by atoms with Crippen molar-refractivity contribution in [2.75, 3.05) is 13.1 Å². The van der Waals surface area contributed by atoms with Gasteiger partial charge < -0.3 is 37.2 Å². The predicted molar refractivity (Wildman–Crippen MR) is 116 cm³/mol. The minimum Gasteiger partial charge on any atom is -0.508 e. The Hall–Kier alpha value is -3.67. The summed E-state index contributed by atoms with van der Waals surface area (Å²) in [5, 5.41) is 29.1. The Kier molecular flexibility index (Phi) is 9.61. The number of aromatic hydroxyl groups is 1. The van der Waals surface area contributed by atoms with Crippen LogP contribution in [0, 0.1) is 0 Å². The minimum absolute atomic E-state index is 0.0136. The lowest BCUT2D eigenvalue weighted by Gasteiger charge is -2.21. The number of hydrogen-bond donors (Lipinski definition) is 7. The molecule has 0 aromatic heterocycles. The van der Waals surface area contributed by atoms with Gasteiger partial charge in [-0.2, -0.15) is 0 Å². The van der Waals surface area contributed by atoms with Crippen LogP contribution in [0.2, 0.25) is 0 Å². The maximum atomic E-state index is 12.7. The number of carboxylic acids is 1. The quantitative estimate of drug-likeness (QED) is 0.187. The summed E-state index contributed by atoms with van der Waals surface area (Å²) in [7, 11) is 0. The third-order valence-corrected chi connectivity index (χ3v) is 5.12. The summed E-state index contributed by atoms with van der Waals surface area (Å²) in [6, 6.07) is 2.90. The molecule has 2 rings (SSSR count). The molecular weight excluding hydrogens is 434 g/mol. The van der Waals surface area contributed by atoms with Crippen molar-refractivity contribution in [2.24, 2.45) is 5.73 Å². The first-order chi connectivity index (χ1) is 15.7. The van der Waals surface area contributed by atoms with Gasteiger partial charge in [-0.1, -0.05) is 12.1 Å². The Morgan fingerprint density at radius 1 is 1.09 bits per heavy atom. The molecule has 0 radical (unpaired) electrons. The summed E-state index contributed by atoms with van der Waals surface area (Å²) in [6.45, 7) is 0.335. The zero-order valence-corrected chi connectivity index (χ0v) is 18.0. The molecule has 1 aromatic rings. The van der Waals surface area contributed by atoms with Gasteiger partial charge in [-0.05, 0) is 43.5 Å². The smallest absolute Gasteiger partial charge is 0.326 e. The summed E-state index contributed by atoms with van der Waals surface area (Å²) >= 11 is 0. The van der Waals surface area contributed by atoms with Crippen molar-refractivity contribution in [1.82, 2.24) is 21.3 Å². The zero-order chi connectivity index (χ0) is 24.4. The van der Waals surface area contributed by atoms with Crippen molar-refractivity contribution in [3.05, 3.63) is 29.8 Å². The molecule has 180 valence electrons. The van der Waals surface area contributed by atoms with Crippen LogP contribution in [0.1, 0.15) is 31.2 Å². The lowest BCUT2D eigenvalue weighted by molar-refractivity contribution is -0.142. The summed E-state index contributed by atoms with van der Waals surface area (Å²) < 4.78 is 0. The second-order valence-corrected chi connectivity index (χ2v) is 7.76. The van der Waals surface area contributed by atoms with E-state index in [4.69, 9.17) is 5.73 Å². The molecule has 3 atom stereocenters. The summed E-state index contributed by atoms with van der Waals surface area (Å²) in [5.41, 5.74) is 5.70. The maximum Gasteiger partial charge on any atom is 0.326 e. The van der Waals surface area contributed by atoms with Crippen LogP contribution in [0.15, 0.2) is 24.3 Å². The number of phenols is 1. The SMILES string of the molecule is NC(=O)CCC(NC(=O)CNC(=O)C1CCCN1)C(=O)NC(Cc1ccc(O)cc1)C(=O)O. The monoisotopic (exact) mass is 463 g/mol. The highest BCUT2D eigenvalue weighted by Crippen LogP contribution is 2.12. The topological polar surface area (TPSA) is 200 Å². The number of amides is 4. The van der Waals surface area contributed by atoms with E-state index in [0.29, 0.717) is 18.5 Å². The van der Waals surface area contributed by atoms with Crippen LogP contribution in [-0.2, 0) is 30.4 Å². The largest absolute Gasteiger partial charge is 0.508 e. The molecule has 1 aliphatic rings. The number of phenolic OH excluding ortho intramolecular Hbond substituents is 1. The average molecular weight is 463 g/mol. The number of benzene rings is 1. The molecule has 1 aliphatic heterocycles. The Morgan fingerprint density at radius 3 is 2.36 bits per heavy atom. The first-order valence-corrected chi connectivity index (χ1v) is 10.6. The van der Waals surface area contributed by atoms with Crippen LogP contribution < -0.4 is 27.0 Å². The highest BCUT2D eigenvalue weighted by Gasteiger charge is 2.28. The fourth-order valence-electron chi connectivity index (χ4n) is 3.34. The fraction of sp³-hybridized carbons (Fsp3) is 0.476. The highest BCUT2D eigenvalue weighted by molar-refractivity contribution is 5.93. The van der Waals surface area contributed by atoms with Crippen molar-refractivity contribution in [3.8, 4) is 5.75 Å². The van der Waals surface area contributed by atoms with Gasteiger partial charge in [0, 0.05) is 12.8 Å². The van der Waals surface area contributed by atoms with E-state index >= 15 is 0 Å². The highest BCUT2D eigenvalue weighted by atomic mass is 16.4. The van der Waals surface area contributed by atoms with E-state index in [1.165, 1.54) is 24.3 Å². The number of primary amides is 1. The average Bonchev–Trinajstić information content (AvgIpc) is 3.30. The minimum atomic E-state index is -1.32. The van der Waals surface area contributed by atoms with E-state index in [9.17, 15) is 34.2 Å². The Labute approximate surface area is 190 Å². The van der Waals surface area contributed by atoms with Crippen molar-refractivity contribution in [1.29, 1.82) is 0 Å². The number of aliphatic carboxylic acids is 1. The molecule has 0 saturated carbocycles. The Bertz CT molecular complexity index is 868. The third-order valence-electron chi connectivity index (χ3n) is 5.12. The summed E-state index contributed by atoms with van der Waals surface area (Å²) in [4.78, 5) is 59.8. The molecule has 1 aromatic carbocycles. The molecule has 1 heterocycles. The standard InChI is InChI=1S/C21H29N5O7/c22-17(28)8-7-15(25-18(29)11-24-19(30)14-2-1-9-23-14)20(31)26-16(21(32)33)10-12-3-5-13(27)6-4-12/h3-6,14-16,23,27H,1-2,7-11H2,(H2,22,28)(H,24,30)(H,25,29)(H,26,31)(H,32,33). The molecule has 0 bridgehead atoms. The van der Waals surface area contributed by atoms with Crippen LogP contribution in [0.4, 0.5) is 0 Å². The second kappa shape index (κ2) is 12.4. The van der Waals surface area contributed by atoms with Gasteiger partial charge in [0.05, 0.1) is 12.6 Å². The molecule has 4 amide bonds. The van der Waals surface area contributed by atoms with Gasteiger partial charge >= 0.3 is 5.97 Å². The number of nitrogens with two attached hydrogens (primary N) is 1. The number of carbonyl (C=O) groups excluding carboxylic acids is 4. The Morgan fingerprint density at radius 2 is 1.79 bits per heavy atom. The van der Waals surface area contributed by atoms with E-state index in [1.807, 2.05) is 0 Å². The third kappa shape index (κ3) is 8.77. The molecule has 33 heavy (non-hydrogen) atoms. The van der Waals surface area contributed by atoms with E-state index in [-0.39, 0.29) is 43.5 Å². The number of carbonyl (C=O) groups is 5. The number of nitrogens with one attached hydrogen (secondary N) is 4. The first kappa shape index (κ1) is 25.6. The predicted octanol–water partition coefficient (Wildman–Crippen LogP) is -1.88. The van der Waals surface area contributed by atoms with Crippen LogP contribution >= 0.6 is 0 Å². The summed E-state index contributed by atoms with van der Waals surface area (Å²) in [5.74, 6) is -3.79. The maximum absolute atomic E-state index is 12.7. The first-order valence-electron chi connectivity index (χ1n) is 10.6. The van der Waals surface area contributed by atoms with Crippen LogP contribution in [-0.4, -0.2) is 71.0 Å². The number of carboxylic acid groups (broad SMARTS) is 1. The number of hydrogen-bond acceptors (Lipinski definition) is 7. The van der Waals surface area contributed by atoms with Gasteiger partial charge in [0.25, 0.3) is 0 Å². The molecule has 12 nitrogen and oxygen atoms in total. The van der Waals surface area contributed by atoms with E-state index in [0.717, 1.165) is 6.42 Å². The van der Waals surface area contributed by atoms with E-state index < -0.39 is 35.8 Å². The molecule has 0 aliphatic carbocycles. The van der Waals surface area contributed by atoms with Crippen molar-refractivity contribution in [3.63, 3.8) is 0 Å². The molecule has 1 saturated heterocycles. The van der Waals surface area contributed by atoms with Gasteiger partial charge in [0.1, 0.15) is 17.8 Å². The van der Waals surface area contributed by atoms with Crippen LogP contribution in [0.5, 0.6) is 5.75 Å². The van der Waals surface area contributed by atoms with Crippen molar-refractivity contribution >= 4 is 29.6 Å². The normalized spacial score (nSPS) is 16.9. The fourth-order valence-corrected chi connectivity index (χ4v) is 3.34. The van der Waals surface area contributed by atoms with Crippen molar-refractivity contribution < 1.29 is 34.2 Å². The lowest BCUT2D eigenvalue weighted by Crippen LogP contribution is -2.54. The van der Waals surface area contributed by atoms with Gasteiger partial charge in [0.2, 0.25) is 23.6 Å². The van der Waals surface area contributed by atoms with Crippen LogP contribution in [0.25, 0.3) is 0 Å². The molecule has 1 fully saturated rings. The zero-order valence-electron chi connectivity index (χ0n) is 18.0. The van der Waals surface area contributed by atoms with E-state index in [1.54, 1.807) is 0 Å². The van der Waals surface area contributed by atoms with Crippen molar-refractivity contribution in [2.45, 2.75) is 50.2 Å². The van der Waals surface area contributed by atoms with Gasteiger partial charge in [-0.15, -0.1) is 0 Å². The molecule has 8 N–H and O–H groups in total. The number of rotatable bonds is 12. The van der Waals surface area contributed by atoms with Gasteiger partial charge in [-0.3, -0.25) is 19.2 Å². The molecule has 12 heteroatoms. The summed E-state index contributed by atoms with van der Waals surface area (Å²) in [6.07, 6.45) is 1.09. The van der Waals surface area contributed by atoms with Gasteiger partial charge in [-0.25, -0.2) is 4.79 Å².